The second-order valence-electron chi connectivity index (χ2n) is 8.89. The van der Waals surface area contributed by atoms with Crippen molar-refractivity contribution in [2.24, 2.45) is 0 Å². The number of unbranched alkanes of at least 4 members (excludes halogenated alkanes) is 1. The fourth-order valence-electron chi connectivity index (χ4n) is 3.60. The number of rotatable bonds is 7. The zero-order valence-electron chi connectivity index (χ0n) is 18.6. The second-order valence-corrected chi connectivity index (χ2v) is 8.89. The molecule has 4 rings (SSSR count). The number of nitrogens with zero attached hydrogens (tertiary/aromatic N) is 6. The number of aromatic nitrogens is 7. The molecule has 0 atom stereocenters. The summed E-state index contributed by atoms with van der Waals surface area (Å²) in [6.07, 6.45) is 3.20. The van der Waals surface area contributed by atoms with Crippen LogP contribution < -0.4 is 0 Å². The lowest BCUT2D eigenvalue weighted by atomic mass is 9.95. The molecule has 0 aliphatic carbocycles. The van der Waals surface area contributed by atoms with E-state index in [4.69, 9.17) is 10.1 Å². The number of tetrazole rings is 1. The number of aryl methyl sites for hydroxylation is 1. The van der Waals surface area contributed by atoms with Gasteiger partial charge in [0.05, 0.1) is 6.54 Å². The van der Waals surface area contributed by atoms with Crippen LogP contribution in [0.1, 0.15) is 57.7 Å². The van der Waals surface area contributed by atoms with E-state index in [1.165, 1.54) is 5.56 Å². The Morgan fingerprint density at radius 3 is 2.42 bits per heavy atom. The summed E-state index contributed by atoms with van der Waals surface area (Å²) in [5, 5.41) is 18.9. The molecular formula is C24H29N7. The fraction of sp³-hybridized carbons (Fsp3) is 0.375. The Bertz CT molecular complexity index is 1120. The summed E-state index contributed by atoms with van der Waals surface area (Å²) in [7, 11) is 0. The van der Waals surface area contributed by atoms with Gasteiger partial charge in [-0.25, -0.2) is 14.8 Å². The number of benzene rings is 2. The number of hydrogen-bond donors (Lipinski definition) is 1. The van der Waals surface area contributed by atoms with Gasteiger partial charge in [0.25, 0.3) is 0 Å². The largest absolute Gasteiger partial charge is 0.245 e. The van der Waals surface area contributed by atoms with E-state index in [1.54, 1.807) is 0 Å². The summed E-state index contributed by atoms with van der Waals surface area (Å²) in [6, 6.07) is 16.8. The summed E-state index contributed by atoms with van der Waals surface area (Å²) >= 11 is 0. The molecule has 0 spiro atoms. The Morgan fingerprint density at radius 2 is 1.74 bits per heavy atom. The monoisotopic (exact) mass is 415 g/mol. The van der Waals surface area contributed by atoms with Gasteiger partial charge in [0.15, 0.2) is 11.6 Å². The lowest BCUT2D eigenvalue weighted by Crippen LogP contribution is -2.20. The van der Waals surface area contributed by atoms with Crippen molar-refractivity contribution in [3.63, 3.8) is 0 Å². The summed E-state index contributed by atoms with van der Waals surface area (Å²) in [5.41, 5.74) is 4.39. The van der Waals surface area contributed by atoms with Gasteiger partial charge in [-0.3, -0.25) is 0 Å². The van der Waals surface area contributed by atoms with E-state index in [-0.39, 0.29) is 5.41 Å². The molecule has 0 amide bonds. The average Bonchev–Trinajstić information content (AvgIpc) is 3.43. The van der Waals surface area contributed by atoms with Crippen LogP contribution in [0.4, 0.5) is 0 Å². The highest BCUT2D eigenvalue weighted by atomic mass is 15.5. The summed E-state index contributed by atoms with van der Waals surface area (Å²) in [4.78, 5) is 4.85. The normalized spacial score (nSPS) is 11.7. The van der Waals surface area contributed by atoms with Crippen molar-refractivity contribution in [2.75, 3.05) is 0 Å². The van der Waals surface area contributed by atoms with E-state index in [2.05, 4.69) is 89.4 Å². The zero-order valence-corrected chi connectivity index (χ0v) is 18.6. The van der Waals surface area contributed by atoms with Crippen LogP contribution in [0.3, 0.4) is 0 Å². The third kappa shape index (κ3) is 4.87. The minimum Gasteiger partial charge on any atom is -0.245 e. The highest BCUT2D eigenvalue weighted by molar-refractivity contribution is 5.70. The molecule has 31 heavy (non-hydrogen) atoms. The van der Waals surface area contributed by atoms with Crippen molar-refractivity contribution in [1.29, 1.82) is 0 Å². The molecule has 0 saturated heterocycles. The van der Waals surface area contributed by atoms with Crippen LogP contribution in [0.15, 0.2) is 48.5 Å². The van der Waals surface area contributed by atoms with Gasteiger partial charge in [0, 0.05) is 17.4 Å². The van der Waals surface area contributed by atoms with E-state index < -0.39 is 0 Å². The Kier molecular flexibility index (Phi) is 5.93. The number of nitrogens with one attached hydrogen (secondary N) is 1. The first-order valence-electron chi connectivity index (χ1n) is 10.8. The third-order valence-corrected chi connectivity index (χ3v) is 5.24. The molecule has 1 N–H and O–H groups in total. The van der Waals surface area contributed by atoms with E-state index in [1.807, 2.05) is 12.1 Å². The van der Waals surface area contributed by atoms with Crippen LogP contribution in [0.5, 0.6) is 0 Å². The van der Waals surface area contributed by atoms with Crippen LogP contribution in [-0.4, -0.2) is 35.4 Å². The first-order chi connectivity index (χ1) is 14.9. The van der Waals surface area contributed by atoms with Crippen LogP contribution >= 0.6 is 0 Å². The SMILES string of the molecule is CCCCc1nc(C(C)(C)C)n(Cc2ccc(-c3cccc(-c4nnn[nH]4)c3)cc2)n1. The molecule has 0 bridgehead atoms. The minimum absolute atomic E-state index is 0.0482. The van der Waals surface area contributed by atoms with Crippen LogP contribution in [-0.2, 0) is 18.4 Å². The minimum atomic E-state index is -0.0482. The molecule has 0 aliphatic heterocycles. The van der Waals surface area contributed by atoms with E-state index in [0.29, 0.717) is 5.82 Å². The predicted molar refractivity (Wildman–Crippen MR) is 121 cm³/mol. The van der Waals surface area contributed by atoms with E-state index in [9.17, 15) is 0 Å². The maximum Gasteiger partial charge on any atom is 0.179 e. The second kappa shape index (κ2) is 8.79. The quantitative estimate of drug-likeness (QED) is 0.468. The molecule has 0 aliphatic rings. The Hall–Kier alpha value is -3.35. The van der Waals surface area contributed by atoms with Gasteiger partial charge in [-0.2, -0.15) is 5.10 Å². The fourth-order valence-corrected chi connectivity index (χ4v) is 3.60. The van der Waals surface area contributed by atoms with Gasteiger partial charge in [-0.15, -0.1) is 5.10 Å². The van der Waals surface area contributed by atoms with Crippen molar-refractivity contribution in [3.8, 4) is 22.5 Å². The van der Waals surface area contributed by atoms with Crippen LogP contribution in [0, 0.1) is 0 Å². The van der Waals surface area contributed by atoms with Gasteiger partial charge in [0.1, 0.15) is 5.82 Å². The third-order valence-electron chi connectivity index (χ3n) is 5.24. The highest BCUT2D eigenvalue weighted by Crippen LogP contribution is 2.26. The molecule has 2 aromatic heterocycles. The predicted octanol–water partition coefficient (Wildman–Crippen LogP) is 4.81. The van der Waals surface area contributed by atoms with Crippen molar-refractivity contribution < 1.29 is 0 Å². The molecule has 7 nitrogen and oxygen atoms in total. The maximum atomic E-state index is 4.85. The Morgan fingerprint density at radius 1 is 0.968 bits per heavy atom. The Balaban J connectivity index is 1.56. The summed E-state index contributed by atoms with van der Waals surface area (Å²) < 4.78 is 2.07. The molecular weight excluding hydrogens is 386 g/mol. The number of H-pyrrole nitrogens is 1. The van der Waals surface area contributed by atoms with Crippen molar-refractivity contribution in [1.82, 2.24) is 35.4 Å². The summed E-state index contributed by atoms with van der Waals surface area (Å²) in [5.74, 6) is 2.65. The lowest BCUT2D eigenvalue weighted by molar-refractivity contribution is 0.490. The summed E-state index contributed by atoms with van der Waals surface area (Å²) in [6.45, 7) is 9.49. The van der Waals surface area contributed by atoms with E-state index >= 15 is 0 Å². The smallest absolute Gasteiger partial charge is 0.179 e. The first kappa shape index (κ1) is 20.9. The number of hydrogen-bond acceptors (Lipinski definition) is 5. The molecule has 0 radical (unpaired) electrons. The van der Waals surface area contributed by atoms with Crippen LogP contribution in [0.25, 0.3) is 22.5 Å². The molecule has 0 unspecified atom stereocenters. The van der Waals surface area contributed by atoms with Crippen molar-refractivity contribution >= 4 is 0 Å². The van der Waals surface area contributed by atoms with Gasteiger partial charge >= 0.3 is 0 Å². The van der Waals surface area contributed by atoms with Gasteiger partial charge in [-0.1, -0.05) is 76.6 Å². The zero-order chi connectivity index (χ0) is 21.8. The molecule has 160 valence electrons. The topological polar surface area (TPSA) is 85.2 Å². The van der Waals surface area contributed by atoms with Gasteiger partial charge < -0.3 is 0 Å². The molecule has 4 aromatic rings. The van der Waals surface area contributed by atoms with Gasteiger partial charge in [0.2, 0.25) is 0 Å². The number of aromatic amines is 1. The van der Waals surface area contributed by atoms with Crippen LogP contribution in [0.2, 0.25) is 0 Å². The highest BCUT2D eigenvalue weighted by Gasteiger charge is 2.23. The molecule has 2 heterocycles. The molecule has 0 saturated carbocycles. The average molecular weight is 416 g/mol. The van der Waals surface area contributed by atoms with Crippen molar-refractivity contribution in [3.05, 3.63) is 65.7 Å². The molecule has 0 fully saturated rings. The first-order valence-corrected chi connectivity index (χ1v) is 10.8. The van der Waals surface area contributed by atoms with Gasteiger partial charge in [-0.05, 0) is 39.6 Å². The van der Waals surface area contributed by atoms with Crippen molar-refractivity contribution in [2.45, 2.75) is 58.9 Å². The molecule has 2 aromatic carbocycles. The standard InChI is InChI=1S/C24H29N7/c1-5-6-10-21-25-23(24(2,3)4)31(28-21)16-17-11-13-18(14-12-17)19-8-7-9-20(15-19)22-26-29-30-27-22/h7-9,11-15H,5-6,10,16H2,1-4H3,(H,26,27,29,30). The van der Waals surface area contributed by atoms with E-state index in [0.717, 1.165) is 54.1 Å². The molecule has 7 heteroatoms. The maximum absolute atomic E-state index is 4.85. The Labute approximate surface area is 182 Å². The lowest BCUT2D eigenvalue weighted by Gasteiger charge is -2.18.